The van der Waals surface area contributed by atoms with Crippen LogP contribution in [0.1, 0.15) is 49.0 Å². The van der Waals surface area contributed by atoms with Crippen molar-refractivity contribution >= 4 is 32.6 Å². The van der Waals surface area contributed by atoms with Crippen LogP contribution in [0.2, 0.25) is 0 Å². The molecular formula is C27H29N3O3S. The lowest BCUT2D eigenvalue weighted by molar-refractivity contribution is 0.0985. The van der Waals surface area contributed by atoms with Crippen LogP contribution in [0.25, 0.3) is 10.2 Å². The Morgan fingerprint density at radius 1 is 1.00 bits per heavy atom. The van der Waals surface area contributed by atoms with Gasteiger partial charge in [-0.2, -0.15) is 0 Å². The van der Waals surface area contributed by atoms with Crippen molar-refractivity contribution in [2.45, 2.75) is 39.7 Å². The molecule has 0 fully saturated rings. The maximum atomic E-state index is 13.6. The van der Waals surface area contributed by atoms with Crippen molar-refractivity contribution in [3.05, 3.63) is 78.1 Å². The summed E-state index contributed by atoms with van der Waals surface area (Å²) in [5.74, 6) is 1.37. The fourth-order valence-electron chi connectivity index (χ4n) is 3.59. The van der Waals surface area contributed by atoms with Gasteiger partial charge in [0.15, 0.2) is 5.13 Å². The molecule has 0 spiro atoms. The number of amides is 1. The van der Waals surface area contributed by atoms with Crippen molar-refractivity contribution in [1.29, 1.82) is 0 Å². The number of unbranched alkanes of at least 4 members (excludes halogenated alkanes) is 2. The number of carbonyl (C=O) groups excluding carboxylic acids is 1. The van der Waals surface area contributed by atoms with Gasteiger partial charge < -0.3 is 9.47 Å². The molecule has 0 bridgehead atoms. The molecule has 2 aromatic heterocycles. The van der Waals surface area contributed by atoms with E-state index < -0.39 is 0 Å². The lowest BCUT2D eigenvalue weighted by atomic mass is 10.1. The molecule has 4 aromatic rings. The number of carbonyl (C=O) groups is 1. The molecule has 0 atom stereocenters. The summed E-state index contributed by atoms with van der Waals surface area (Å²) in [4.78, 5) is 24.4. The van der Waals surface area contributed by atoms with Crippen LogP contribution in [-0.4, -0.2) is 29.1 Å². The number of thiazole rings is 1. The number of hydrogen-bond acceptors (Lipinski definition) is 6. The molecule has 6 nitrogen and oxygen atoms in total. The minimum absolute atomic E-state index is 0.126. The van der Waals surface area contributed by atoms with Gasteiger partial charge in [0.1, 0.15) is 17.0 Å². The van der Waals surface area contributed by atoms with Crippen LogP contribution in [-0.2, 0) is 6.54 Å². The summed E-state index contributed by atoms with van der Waals surface area (Å²) in [5.41, 5.74) is 2.27. The zero-order valence-electron chi connectivity index (χ0n) is 19.6. The standard InChI is InChI=1S/C27H29N3O3S/c1-3-5-6-17-33-22-14-12-21(13-15-22)26(31)30(19-20-9-8-16-28-18-20)27-29-25-23(32-4-2)10-7-11-24(25)34-27/h7-16,18H,3-6,17,19H2,1-2H3. The lowest BCUT2D eigenvalue weighted by Gasteiger charge is -2.20. The predicted molar refractivity (Wildman–Crippen MR) is 137 cm³/mol. The second-order valence-corrected chi connectivity index (χ2v) is 8.87. The Morgan fingerprint density at radius 3 is 2.59 bits per heavy atom. The highest BCUT2D eigenvalue weighted by molar-refractivity contribution is 7.22. The van der Waals surface area contributed by atoms with Crippen LogP contribution in [0.4, 0.5) is 5.13 Å². The molecular weight excluding hydrogens is 446 g/mol. The molecule has 0 aliphatic carbocycles. The topological polar surface area (TPSA) is 64.5 Å². The molecule has 0 unspecified atom stereocenters. The molecule has 176 valence electrons. The maximum Gasteiger partial charge on any atom is 0.260 e. The van der Waals surface area contributed by atoms with Crippen molar-refractivity contribution in [3.8, 4) is 11.5 Å². The summed E-state index contributed by atoms with van der Waals surface area (Å²) in [6.45, 7) is 5.72. The van der Waals surface area contributed by atoms with Crippen molar-refractivity contribution in [3.63, 3.8) is 0 Å². The van der Waals surface area contributed by atoms with Gasteiger partial charge in [0.2, 0.25) is 0 Å². The summed E-state index contributed by atoms with van der Waals surface area (Å²) in [6.07, 6.45) is 6.82. The second-order valence-electron chi connectivity index (χ2n) is 7.86. The van der Waals surface area contributed by atoms with Gasteiger partial charge in [0.05, 0.1) is 24.5 Å². The number of ether oxygens (including phenoxy) is 2. The summed E-state index contributed by atoms with van der Waals surface area (Å²) < 4.78 is 12.5. The molecule has 0 radical (unpaired) electrons. The number of nitrogens with zero attached hydrogens (tertiary/aromatic N) is 3. The minimum Gasteiger partial charge on any atom is -0.494 e. The van der Waals surface area contributed by atoms with Crippen LogP contribution < -0.4 is 14.4 Å². The largest absolute Gasteiger partial charge is 0.494 e. The van der Waals surface area contributed by atoms with E-state index in [1.807, 2.05) is 61.5 Å². The van der Waals surface area contributed by atoms with Crippen molar-refractivity contribution < 1.29 is 14.3 Å². The van der Waals surface area contributed by atoms with Crippen LogP contribution in [0.3, 0.4) is 0 Å². The lowest BCUT2D eigenvalue weighted by Crippen LogP contribution is -2.30. The molecule has 0 aliphatic heterocycles. The smallest absolute Gasteiger partial charge is 0.260 e. The number of para-hydroxylation sites is 1. The van der Waals surface area contributed by atoms with Gasteiger partial charge in [0, 0.05) is 18.0 Å². The number of aromatic nitrogens is 2. The second kappa shape index (κ2) is 11.6. The first-order valence-electron chi connectivity index (χ1n) is 11.7. The predicted octanol–water partition coefficient (Wildman–Crippen LogP) is 6.51. The SMILES string of the molecule is CCCCCOc1ccc(C(=O)N(Cc2cccnc2)c2nc3c(OCC)cccc3s2)cc1. The highest BCUT2D eigenvalue weighted by atomic mass is 32.1. The molecule has 0 saturated carbocycles. The molecule has 0 saturated heterocycles. The Labute approximate surface area is 204 Å². The van der Waals surface area contributed by atoms with E-state index in [1.54, 1.807) is 17.3 Å². The number of rotatable bonds is 11. The summed E-state index contributed by atoms with van der Waals surface area (Å²) in [7, 11) is 0. The number of pyridine rings is 1. The molecule has 0 N–H and O–H groups in total. The number of benzene rings is 2. The maximum absolute atomic E-state index is 13.6. The first-order chi connectivity index (χ1) is 16.7. The Morgan fingerprint density at radius 2 is 1.85 bits per heavy atom. The fourth-order valence-corrected chi connectivity index (χ4v) is 4.57. The van der Waals surface area contributed by atoms with E-state index in [0.29, 0.717) is 30.5 Å². The number of hydrogen-bond donors (Lipinski definition) is 0. The van der Waals surface area contributed by atoms with Crippen LogP contribution in [0.15, 0.2) is 67.0 Å². The number of anilines is 1. The minimum atomic E-state index is -0.126. The van der Waals surface area contributed by atoms with Gasteiger partial charge >= 0.3 is 0 Å². The summed E-state index contributed by atoms with van der Waals surface area (Å²) in [5, 5.41) is 0.621. The summed E-state index contributed by atoms with van der Waals surface area (Å²) >= 11 is 1.48. The van der Waals surface area contributed by atoms with Gasteiger partial charge in [0.25, 0.3) is 5.91 Å². The third kappa shape index (κ3) is 5.72. The van der Waals surface area contributed by atoms with Gasteiger partial charge in [-0.05, 0) is 61.4 Å². The Balaban J connectivity index is 1.62. The van der Waals surface area contributed by atoms with Crippen molar-refractivity contribution in [1.82, 2.24) is 9.97 Å². The van der Waals surface area contributed by atoms with Crippen LogP contribution >= 0.6 is 11.3 Å². The third-order valence-corrected chi connectivity index (χ3v) is 6.37. The average Bonchev–Trinajstić information content (AvgIpc) is 3.31. The fraction of sp³-hybridized carbons (Fsp3) is 0.296. The van der Waals surface area contributed by atoms with E-state index in [2.05, 4.69) is 11.9 Å². The van der Waals surface area contributed by atoms with E-state index in [0.717, 1.165) is 46.5 Å². The first kappa shape index (κ1) is 23.7. The Hall–Kier alpha value is -3.45. The van der Waals surface area contributed by atoms with Crippen molar-refractivity contribution in [2.75, 3.05) is 18.1 Å². The summed E-state index contributed by atoms with van der Waals surface area (Å²) in [6, 6.07) is 17.0. The highest BCUT2D eigenvalue weighted by Gasteiger charge is 2.23. The zero-order valence-corrected chi connectivity index (χ0v) is 20.4. The molecule has 34 heavy (non-hydrogen) atoms. The van der Waals surface area contributed by atoms with E-state index in [1.165, 1.54) is 11.3 Å². The van der Waals surface area contributed by atoms with Gasteiger partial charge in [-0.3, -0.25) is 14.7 Å². The quantitative estimate of drug-likeness (QED) is 0.232. The number of fused-ring (bicyclic) bond motifs is 1. The molecule has 2 heterocycles. The normalized spacial score (nSPS) is 10.9. The van der Waals surface area contributed by atoms with E-state index in [4.69, 9.17) is 14.5 Å². The van der Waals surface area contributed by atoms with Gasteiger partial charge in [-0.15, -0.1) is 0 Å². The Kier molecular flexibility index (Phi) is 8.09. The van der Waals surface area contributed by atoms with Crippen LogP contribution in [0, 0.1) is 0 Å². The van der Waals surface area contributed by atoms with Gasteiger partial charge in [-0.1, -0.05) is 43.2 Å². The first-order valence-corrected chi connectivity index (χ1v) is 12.5. The van der Waals surface area contributed by atoms with Crippen LogP contribution in [0.5, 0.6) is 11.5 Å². The van der Waals surface area contributed by atoms with E-state index >= 15 is 0 Å². The zero-order chi connectivity index (χ0) is 23.8. The van der Waals surface area contributed by atoms with E-state index in [9.17, 15) is 4.79 Å². The third-order valence-electron chi connectivity index (χ3n) is 5.33. The average molecular weight is 476 g/mol. The highest BCUT2D eigenvalue weighted by Crippen LogP contribution is 2.35. The monoisotopic (exact) mass is 475 g/mol. The van der Waals surface area contributed by atoms with Gasteiger partial charge in [-0.25, -0.2) is 4.98 Å². The Bertz CT molecular complexity index is 1210. The molecule has 1 amide bonds. The molecule has 7 heteroatoms. The molecule has 4 rings (SSSR count). The molecule has 0 aliphatic rings. The molecule has 2 aromatic carbocycles. The van der Waals surface area contributed by atoms with Crippen molar-refractivity contribution in [2.24, 2.45) is 0 Å². The van der Waals surface area contributed by atoms with E-state index in [-0.39, 0.29) is 5.91 Å².